The number of benzene rings is 1. The molecule has 1 heterocycles. The molecule has 3 N–H and O–H groups in total. The first kappa shape index (κ1) is 12.0. The van der Waals surface area contributed by atoms with Crippen LogP contribution in [-0.2, 0) is 0 Å². The van der Waals surface area contributed by atoms with E-state index < -0.39 is 5.91 Å². The number of nitrogen functional groups attached to an aromatic ring is 1. The summed E-state index contributed by atoms with van der Waals surface area (Å²) in [4.78, 5) is 11.7. The predicted molar refractivity (Wildman–Crippen MR) is 70.2 cm³/mol. The third-order valence-electron chi connectivity index (χ3n) is 2.06. The van der Waals surface area contributed by atoms with Crippen LogP contribution in [0.25, 0.3) is 0 Å². The summed E-state index contributed by atoms with van der Waals surface area (Å²) < 4.78 is 5.83. The van der Waals surface area contributed by atoms with Crippen molar-refractivity contribution in [3.8, 4) is 0 Å². The number of hydrogen-bond acceptors (Lipinski definition) is 3. The maximum absolute atomic E-state index is 11.7. The van der Waals surface area contributed by atoms with Crippen LogP contribution in [0, 0.1) is 0 Å². The Hall–Kier alpha value is -1.46. The Morgan fingerprint density at radius 3 is 2.71 bits per heavy atom. The molecule has 0 bridgehead atoms. The molecule has 0 aliphatic rings. The van der Waals surface area contributed by atoms with Crippen molar-refractivity contribution in [2.75, 3.05) is 11.1 Å². The number of anilines is 2. The van der Waals surface area contributed by atoms with Crippen LogP contribution in [0.2, 0.25) is 5.22 Å². The molecule has 2 rings (SSSR count). The zero-order valence-electron chi connectivity index (χ0n) is 8.54. The van der Waals surface area contributed by atoms with E-state index in [9.17, 15) is 4.79 Å². The maximum atomic E-state index is 11.7. The van der Waals surface area contributed by atoms with Crippen molar-refractivity contribution in [3.63, 3.8) is 0 Å². The molecule has 0 saturated carbocycles. The second kappa shape index (κ2) is 4.81. The summed E-state index contributed by atoms with van der Waals surface area (Å²) in [5.41, 5.74) is 6.73. The number of nitrogens with two attached hydrogens (primary N) is 1. The number of carbonyl (C=O) groups excluding carboxylic acids is 1. The van der Waals surface area contributed by atoms with Crippen molar-refractivity contribution < 1.29 is 9.21 Å². The molecule has 4 nitrogen and oxygen atoms in total. The predicted octanol–water partition coefficient (Wildman–Crippen LogP) is 3.53. The second-order valence-electron chi connectivity index (χ2n) is 3.29. The van der Waals surface area contributed by atoms with Gasteiger partial charge in [-0.15, -0.1) is 0 Å². The Balaban J connectivity index is 2.18. The summed E-state index contributed by atoms with van der Waals surface area (Å²) in [6.07, 6.45) is 0. The highest BCUT2D eigenvalue weighted by molar-refractivity contribution is 9.10. The number of carbonyl (C=O) groups is 1. The molecule has 0 spiro atoms. The van der Waals surface area contributed by atoms with Crippen molar-refractivity contribution in [2.45, 2.75) is 0 Å². The summed E-state index contributed by atoms with van der Waals surface area (Å²) in [6.45, 7) is 0. The monoisotopic (exact) mass is 314 g/mol. The van der Waals surface area contributed by atoms with E-state index >= 15 is 0 Å². The lowest BCUT2D eigenvalue weighted by atomic mass is 10.2. The molecule has 0 aliphatic heterocycles. The van der Waals surface area contributed by atoms with Crippen molar-refractivity contribution in [1.82, 2.24) is 0 Å². The number of furan rings is 1. The van der Waals surface area contributed by atoms with Gasteiger partial charge < -0.3 is 15.5 Å². The van der Waals surface area contributed by atoms with Crippen LogP contribution >= 0.6 is 27.5 Å². The molecule has 0 radical (unpaired) electrons. The number of nitrogens with one attached hydrogen (secondary N) is 1. The molecule has 0 fully saturated rings. The minimum atomic E-state index is -0.397. The van der Waals surface area contributed by atoms with E-state index in [0.29, 0.717) is 11.4 Å². The average molecular weight is 316 g/mol. The third kappa shape index (κ3) is 2.81. The quantitative estimate of drug-likeness (QED) is 0.833. The van der Waals surface area contributed by atoms with E-state index in [1.54, 1.807) is 18.2 Å². The SMILES string of the molecule is Nc1cc(Br)ccc1NC(=O)c1ccc(Cl)o1. The maximum Gasteiger partial charge on any atom is 0.291 e. The molecular weight excluding hydrogens is 307 g/mol. The van der Waals surface area contributed by atoms with Gasteiger partial charge in [0.2, 0.25) is 0 Å². The van der Waals surface area contributed by atoms with Gasteiger partial charge in [-0.2, -0.15) is 0 Å². The van der Waals surface area contributed by atoms with Crippen LogP contribution in [0.5, 0.6) is 0 Å². The summed E-state index contributed by atoms with van der Waals surface area (Å²) in [5.74, 6) is -0.261. The number of hydrogen-bond donors (Lipinski definition) is 2. The zero-order valence-corrected chi connectivity index (χ0v) is 10.9. The molecule has 0 saturated heterocycles. The second-order valence-corrected chi connectivity index (χ2v) is 4.58. The molecule has 0 aliphatic carbocycles. The van der Waals surface area contributed by atoms with Gasteiger partial charge in [-0.3, -0.25) is 4.79 Å². The Bertz CT molecular complexity index is 568. The molecule has 2 aromatic rings. The smallest absolute Gasteiger partial charge is 0.291 e. The van der Waals surface area contributed by atoms with Crippen LogP contribution in [0.4, 0.5) is 11.4 Å². The van der Waals surface area contributed by atoms with Gasteiger partial charge in [-0.25, -0.2) is 0 Å². The largest absolute Gasteiger partial charge is 0.440 e. The van der Waals surface area contributed by atoms with Crippen molar-refractivity contribution in [2.24, 2.45) is 0 Å². The van der Waals surface area contributed by atoms with E-state index in [4.69, 9.17) is 21.8 Å². The molecule has 0 atom stereocenters. The van der Waals surface area contributed by atoms with Crippen LogP contribution in [0.1, 0.15) is 10.6 Å². The summed E-state index contributed by atoms with van der Waals surface area (Å²) in [5, 5.41) is 2.80. The number of amides is 1. The van der Waals surface area contributed by atoms with Gasteiger partial charge in [0.25, 0.3) is 5.91 Å². The molecular formula is C11H8BrClN2O2. The molecule has 0 unspecified atom stereocenters. The highest BCUT2D eigenvalue weighted by Gasteiger charge is 2.12. The van der Waals surface area contributed by atoms with Gasteiger partial charge in [0.15, 0.2) is 11.0 Å². The first-order valence-corrected chi connectivity index (χ1v) is 5.85. The summed E-state index contributed by atoms with van der Waals surface area (Å²) in [6, 6.07) is 8.17. The van der Waals surface area contributed by atoms with E-state index in [1.807, 2.05) is 0 Å². The van der Waals surface area contributed by atoms with Gasteiger partial charge in [0.1, 0.15) is 0 Å². The van der Waals surface area contributed by atoms with E-state index in [-0.39, 0.29) is 11.0 Å². The summed E-state index contributed by atoms with van der Waals surface area (Å²) in [7, 11) is 0. The minimum absolute atomic E-state index is 0.136. The van der Waals surface area contributed by atoms with E-state index in [0.717, 1.165) is 4.47 Å². The highest BCUT2D eigenvalue weighted by atomic mass is 79.9. The molecule has 1 aromatic carbocycles. The lowest BCUT2D eigenvalue weighted by molar-refractivity contribution is 0.0997. The van der Waals surface area contributed by atoms with Crippen LogP contribution in [0.3, 0.4) is 0 Å². The Morgan fingerprint density at radius 1 is 1.35 bits per heavy atom. The molecule has 1 amide bonds. The number of halogens is 2. The van der Waals surface area contributed by atoms with Crippen LogP contribution in [0.15, 0.2) is 39.2 Å². The minimum Gasteiger partial charge on any atom is -0.440 e. The van der Waals surface area contributed by atoms with Crippen LogP contribution in [-0.4, -0.2) is 5.91 Å². The lowest BCUT2D eigenvalue weighted by Crippen LogP contribution is -2.12. The molecule has 88 valence electrons. The van der Waals surface area contributed by atoms with Gasteiger partial charge in [0, 0.05) is 4.47 Å². The molecule has 17 heavy (non-hydrogen) atoms. The van der Waals surface area contributed by atoms with Crippen molar-refractivity contribution in [3.05, 3.63) is 45.8 Å². The Labute approximate surface area is 111 Å². The fourth-order valence-corrected chi connectivity index (χ4v) is 1.79. The van der Waals surface area contributed by atoms with E-state index in [1.165, 1.54) is 12.1 Å². The van der Waals surface area contributed by atoms with Crippen molar-refractivity contribution >= 4 is 44.8 Å². The first-order valence-electron chi connectivity index (χ1n) is 4.68. The molecule has 1 aromatic heterocycles. The van der Waals surface area contributed by atoms with Gasteiger partial charge in [-0.1, -0.05) is 15.9 Å². The van der Waals surface area contributed by atoms with Crippen LogP contribution < -0.4 is 11.1 Å². The lowest BCUT2D eigenvalue weighted by Gasteiger charge is -2.06. The Kier molecular flexibility index (Phi) is 3.40. The van der Waals surface area contributed by atoms with Crippen molar-refractivity contribution in [1.29, 1.82) is 0 Å². The number of rotatable bonds is 2. The van der Waals surface area contributed by atoms with E-state index in [2.05, 4.69) is 21.2 Å². The average Bonchev–Trinajstić information content (AvgIpc) is 2.69. The molecule has 6 heteroatoms. The fourth-order valence-electron chi connectivity index (χ4n) is 1.27. The fraction of sp³-hybridized carbons (Fsp3) is 0. The normalized spacial score (nSPS) is 10.2. The highest BCUT2D eigenvalue weighted by Crippen LogP contribution is 2.24. The van der Waals surface area contributed by atoms with Gasteiger partial charge in [0.05, 0.1) is 11.4 Å². The standard InChI is InChI=1S/C11H8BrClN2O2/c12-6-1-2-8(7(14)5-6)15-11(16)9-3-4-10(13)17-9/h1-5H,14H2,(H,15,16). The van der Waals surface area contributed by atoms with Gasteiger partial charge >= 0.3 is 0 Å². The first-order chi connectivity index (χ1) is 8.06. The summed E-state index contributed by atoms with van der Waals surface area (Å²) >= 11 is 8.86. The van der Waals surface area contributed by atoms with Gasteiger partial charge in [-0.05, 0) is 41.9 Å². The topological polar surface area (TPSA) is 68.3 Å². The Morgan fingerprint density at radius 2 is 2.12 bits per heavy atom. The third-order valence-corrected chi connectivity index (χ3v) is 2.76. The zero-order chi connectivity index (χ0) is 12.4.